The number of carbonyl (C=O) groups is 1. The Kier molecular flexibility index (Phi) is 8.29. The van der Waals surface area contributed by atoms with Crippen LogP contribution in [0.15, 0.2) is 42.5 Å². The van der Waals surface area contributed by atoms with Crippen molar-refractivity contribution in [3.63, 3.8) is 0 Å². The smallest absolute Gasteiger partial charge is 0.222 e. The largest absolute Gasteiger partial charge is 0.344 e. The first kappa shape index (κ1) is 26.6. The minimum atomic E-state index is -0.861. The molecule has 190 valence electrons. The highest BCUT2D eigenvalue weighted by atomic mass is 35.5. The number of carbonyl (C=O) groups excluding carboxylic acids is 1. The lowest BCUT2D eigenvalue weighted by Gasteiger charge is -2.42. The highest BCUT2D eigenvalue weighted by Gasteiger charge is 2.47. The fourth-order valence-electron chi connectivity index (χ4n) is 5.70. The quantitative estimate of drug-likeness (QED) is 0.521. The van der Waals surface area contributed by atoms with Crippen molar-refractivity contribution in [1.29, 1.82) is 0 Å². The first-order valence-corrected chi connectivity index (χ1v) is 14.4. The summed E-state index contributed by atoms with van der Waals surface area (Å²) in [5.74, 6) is 0.778. The molecule has 0 saturated carbocycles. The van der Waals surface area contributed by atoms with Gasteiger partial charge in [0.2, 0.25) is 5.91 Å². The van der Waals surface area contributed by atoms with Crippen molar-refractivity contribution in [2.75, 3.05) is 40.3 Å². The predicted molar refractivity (Wildman–Crippen MR) is 145 cm³/mol. The van der Waals surface area contributed by atoms with Crippen LogP contribution in [0.2, 0.25) is 10.0 Å². The molecule has 35 heavy (non-hydrogen) atoms. The van der Waals surface area contributed by atoms with Crippen molar-refractivity contribution in [2.24, 2.45) is 0 Å². The molecule has 2 aliphatic rings. The van der Waals surface area contributed by atoms with Gasteiger partial charge in [0.05, 0.1) is 20.3 Å². The van der Waals surface area contributed by atoms with Crippen molar-refractivity contribution < 1.29 is 9.00 Å². The van der Waals surface area contributed by atoms with Crippen LogP contribution < -0.4 is 5.32 Å². The number of rotatable bonds is 8. The number of fused-ring (bicyclic) bond motifs is 2. The molecule has 2 atom stereocenters. The molecule has 4 rings (SSSR count). The second-order valence-electron chi connectivity index (χ2n) is 9.80. The number of piperidine rings is 1. The van der Waals surface area contributed by atoms with E-state index in [1.165, 1.54) is 11.1 Å². The van der Waals surface area contributed by atoms with Gasteiger partial charge >= 0.3 is 0 Å². The summed E-state index contributed by atoms with van der Waals surface area (Å²) in [6, 6.07) is 14.2. The number of likely N-dealkylation sites (tertiary alicyclic amines) is 1. The molecule has 1 saturated heterocycles. The molecule has 1 amide bonds. The van der Waals surface area contributed by atoms with Crippen molar-refractivity contribution in [1.82, 2.24) is 15.1 Å². The third kappa shape index (κ3) is 5.19. The van der Waals surface area contributed by atoms with Gasteiger partial charge in [-0.15, -0.1) is 0 Å². The predicted octanol–water partition coefficient (Wildman–Crippen LogP) is 4.92. The third-order valence-electron chi connectivity index (χ3n) is 7.94. The van der Waals surface area contributed by atoms with Gasteiger partial charge in [0.15, 0.2) is 0 Å². The Morgan fingerprint density at radius 2 is 1.89 bits per heavy atom. The molecule has 2 heterocycles. The van der Waals surface area contributed by atoms with Crippen molar-refractivity contribution >= 4 is 39.9 Å². The molecule has 0 radical (unpaired) electrons. The van der Waals surface area contributed by atoms with E-state index in [0.29, 0.717) is 28.8 Å². The maximum atomic E-state index is 13.2. The van der Waals surface area contributed by atoms with Crippen LogP contribution in [0.4, 0.5) is 0 Å². The van der Waals surface area contributed by atoms with E-state index in [-0.39, 0.29) is 10.7 Å². The molecule has 1 N–H and O–H groups in total. The summed E-state index contributed by atoms with van der Waals surface area (Å²) in [6.45, 7) is 5.09. The monoisotopic (exact) mass is 535 g/mol. The average Bonchev–Trinajstić information content (AvgIpc) is 3.14. The first-order valence-electron chi connectivity index (χ1n) is 12.3. The third-order valence-corrected chi connectivity index (χ3v) is 10.7. The molecule has 2 unspecified atom stereocenters. The van der Waals surface area contributed by atoms with Crippen LogP contribution in [0.25, 0.3) is 0 Å². The van der Waals surface area contributed by atoms with Crippen molar-refractivity contribution in [3.05, 3.63) is 69.2 Å². The molecule has 2 aromatic rings. The minimum absolute atomic E-state index is 0.104. The number of hydrogen-bond donors (Lipinski definition) is 1. The van der Waals surface area contributed by atoms with E-state index in [9.17, 15) is 9.00 Å². The van der Waals surface area contributed by atoms with E-state index in [0.717, 1.165) is 44.5 Å². The Morgan fingerprint density at radius 3 is 2.54 bits per heavy atom. The standard InChI is InChI=1S/C27H35Cl2N3O2S/c1-4-25(33)31(3)19-26(30-2,21-9-10-23(28)24(29)17-21)11-14-32-15-12-27(13-16-32)22-8-6-5-7-20(22)18-35(27)34/h5-10,17,30H,4,11-16,18-19H2,1-3H3. The van der Waals surface area contributed by atoms with Crippen molar-refractivity contribution in [3.8, 4) is 0 Å². The zero-order valence-electron chi connectivity index (χ0n) is 20.8. The van der Waals surface area contributed by atoms with E-state index < -0.39 is 16.3 Å². The molecule has 2 aliphatic heterocycles. The summed E-state index contributed by atoms with van der Waals surface area (Å²) in [5, 5.41) is 4.55. The van der Waals surface area contributed by atoms with E-state index >= 15 is 0 Å². The minimum Gasteiger partial charge on any atom is -0.344 e. The number of amides is 1. The summed E-state index contributed by atoms with van der Waals surface area (Å²) in [4.78, 5) is 16.7. The maximum absolute atomic E-state index is 13.2. The van der Waals surface area contributed by atoms with Crippen LogP contribution in [-0.2, 0) is 31.6 Å². The average molecular weight is 537 g/mol. The van der Waals surface area contributed by atoms with E-state index in [1.54, 1.807) is 4.90 Å². The normalized spacial score (nSPS) is 21.0. The lowest BCUT2D eigenvalue weighted by atomic mass is 9.84. The molecular formula is C27H35Cl2N3O2S. The van der Waals surface area contributed by atoms with Gasteiger partial charge < -0.3 is 15.1 Å². The molecule has 0 aromatic heterocycles. The van der Waals surface area contributed by atoms with Gasteiger partial charge in [-0.2, -0.15) is 0 Å². The van der Waals surface area contributed by atoms with Gasteiger partial charge in [0.25, 0.3) is 0 Å². The Balaban J connectivity index is 1.51. The van der Waals surface area contributed by atoms with Gasteiger partial charge in [-0.1, -0.05) is 60.5 Å². The zero-order chi connectivity index (χ0) is 25.2. The SMILES string of the molecule is CCC(=O)N(C)CC(CCN1CCC2(CC1)c1ccccc1CS2=O)(NC)c1ccc(Cl)c(Cl)c1. The Labute approximate surface area is 221 Å². The van der Waals surface area contributed by atoms with Crippen molar-refractivity contribution in [2.45, 2.75) is 48.6 Å². The van der Waals surface area contributed by atoms with Gasteiger partial charge in [-0.25, -0.2) is 0 Å². The lowest BCUT2D eigenvalue weighted by molar-refractivity contribution is -0.130. The molecule has 0 aliphatic carbocycles. The summed E-state index contributed by atoms with van der Waals surface area (Å²) < 4.78 is 13.0. The number of likely N-dealkylation sites (N-methyl/N-ethyl adjacent to an activating group) is 2. The summed E-state index contributed by atoms with van der Waals surface area (Å²) in [6.07, 6.45) is 3.08. The second-order valence-corrected chi connectivity index (χ2v) is 12.4. The van der Waals surface area contributed by atoms with Gasteiger partial charge in [0.1, 0.15) is 0 Å². The molecule has 2 aromatic carbocycles. The lowest BCUT2D eigenvalue weighted by Crippen LogP contribution is -2.52. The highest BCUT2D eigenvalue weighted by molar-refractivity contribution is 7.85. The Hall–Kier alpha value is -1.44. The molecular weight excluding hydrogens is 501 g/mol. The number of halogens is 2. The van der Waals surface area contributed by atoms with Crippen LogP contribution in [-0.4, -0.2) is 60.2 Å². The van der Waals surface area contributed by atoms with Crippen LogP contribution in [0, 0.1) is 0 Å². The van der Waals surface area contributed by atoms with Crippen LogP contribution in [0.3, 0.4) is 0 Å². The fraction of sp³-hybridized carbons (Fsp3) is 0.519. The molecule has 5 nitrogen and oxygen atoms in total. The molecule has 1 fully saturated rings. The van der Waals surface area contributed by atoms with Gasteiger partial charge in [-0.05, 0) is 68.2 Å². The summed E-state index contributed by atoms with van der Waals surface area (Å²) >= 11 is 12.6. The topological polar surface area (TPSA) is 52.7 Å². The van der Waals surface area contributed by atoms with Gasteiger partial charge in [-0.3, -0.25) is 9.00 Å². The zero-order valence-corrected chi connectivity index (χ0v) is 23.1. The summed E-state index contributed by atoms with van der Waals surface area (Å²) in [5.41, 5.74) is 3.09. The molecule has 8 heteroatoms. The number of benzene rings is 2. The number of nitrogens with one attached hydrogen (secondary N) is 1. The van der Waals surface area contributed by atoms with E-state index in [2.05, 4.69) is 28.4 Å². The highest BCUT2D eigenvalue weighted by Crippen LogP contribution is 2.46. The molecule has 0 bridgehead atoms. The Bertz CT molecular complexity index is 1100. The Morgan fingerprint density at radius 1 is 1.17 bits per heavy atom. The van der Waals surface area contributed by atoms with E-state index in [4.69, 9.17) is 23.2 Å². The van der Waals surface area contributed by atoms with E-state index in [1.807, 2.05) is 45.3 Å². The fourth-order valence-corrected chi connectivity index (χ4v) is 7.89. The number of hydrogen-bond acceptors (Lipinski definition) is 4. The van der Waals surface area contributed by atoms with Crippen LogP contribution in [0.1, 0.15) is 49.3 Å². The van der Waals surface area contributed by atoms with Crippen LogP contribution >= 0.6 is 23.2 Å². The first-order chi connectivity index (χ1) is 16.7. The number of nitrogens with zero attached hydrogens (tertiary/aromatic N) is 2. The summed E-state index contributed by atoms with van der Waals surface area (Å²) in [7, 11) is 2.93. The maximum Gasteiger partial charge on any atom is 0.222 e. The van der Waals surface area contributed by atoms with Gasteiger partial charge in [0, 0.05) is 43.1 Å². The second kappa shape index (κ2) is 10.9. The van der Waals surface area contributed by atoms with Crippen LogP contribution in [0.5, 0.6) is 0 Å². The molecule has 1 spiro atoms.